The topological polar surface area (TPSA) is 81.9 Å². The minimum atomic E-state index is -0.465. The summed E-state index contributed by atoms with van der Waals surface area (Å²) in [7, 11) is 0. The van der Waals surface area contributed by atoms with Crippen LogP contribution in [0.15, 0.2) is 0 Å². The molecule has 0 aliphatic carbocycles. The van der Waals surface area contributed by atoms with Crippen molar-refractivity contribution < 1.29 is 19.1 Å². The van der Waals surface area contributed by atoms with Crippen LogP contribution in [-0.4, -0.2) is 48.8 Å². The van der Waals surface area contributed by atoms with E-state index in [0.717, 1.165) is 6.42 Å². The number of amides is 2. The Morgan fingerprint density at radius 3 is 2.63 bits per heavy atom. The van der Waals surface area contributed by atoms with E-state index in [9.17, 15) is 9.59 Å². The summed E-state index contributed by atoms with van der Waals surface area (Å²) in [6.45, 7) is 7.79. The standard InChI is InChI=1S/C13H24N2O4/c1-13(2,3)19-12(17)15-6-4-10(8-15)9-18-7-5-11(14)16/h10H,4-9H2,1-3H3,(H2,14,16). The van der Waals surface area contributed by atoms with Gasteiger partial charge >= 0.3 is 6.09 Å². The molecule has 6 heteroatoms. The zero-order chi connectivity index (χ0) is 14.5. The van der Waals surface area contributed by atoms with Gasteiger partial charge in [0.15, 0.2) is 0 Å². The molecular formula is C13H24N2O4. The third kappa shape index (κ3) is 6.42. The molecule has 2 N–H and O–H groups in total. The van der Waals surface area contributed by atoms with Crippen molar-refractivity contribution >= 4 is 12.0 Å². The lowest BCUT2D eigenvalue weighted by molar-refractivity contribution is -0.119. The predicted octanol–water partition coefficient (Wildman–Crippen LogP) is 1.14. The summed E-state index contributed by atoms with van der Waals surface area (Å²) in [6.07, 6.45) is 0.866. The number of nitrogens with zero attached hydrogens (tertiary/aromatic N) is 1. The molecule has 110 valence electrons. The van der Waals surface area contributed by atoms with Gasteiger partial charge in [-0.05, 0) is 27.2 Å². The molecule has 1 fully saturated rings. The van der Waals surface area contributed by atoms with Crippen LogP contribution in [0, 0.1) is 5.92 Å². The Kier molecular flexibility index (Phi) is 5.60. The molecular weight excluding hydrogens is 248 g/mol. The molecule has 1 heterocycles. The Morgan fingerprint density at radius 1 is 1.37 bits per heavy atom. The van der Waals surface area contributed by atoms with Gasteiger partial charge in [0, 0.05) is 25.4 Å². The second-order valence-corrected chi connectivity index (χ2v) is 5.87. The smallest absolute Gasteiger partial charge is 0.410 e. The molecule has 0 aromatic carbocycles. The monoisotopic (exact) mass is 272 g/mol. The van der Waals surface area contributed by atoms with Gasteiger partial charge in [-0.2, -0.15) is 0 Å². The summed E-state index contributed by atoms with van der Waals surface area (Å²) in [4.78, 5) is 24.1. The van der Waals surface area contributed by atoms with Gasteiger partial charge in [0.1, 0.15) is 5.60 Å². The molecule has 0 aromatic rings. The van der Waals surface area contributed by atoms with Gasteiger partial charge in [-0.25, -0.2) is 4.79 Å². The van der Waals surface area contributed by atoms with E-state index >= 15 is 0 Å². The fourth-order valence-corrected chi connectivity index (χ4v) is 1.88. The Hall–Kier alpha value is -1.30. The van der Waals surface area contributed by atoms with Crippen molar-refractivity contribution in [3.05, 3.63) is 0 Å². The molecule has 1 rings (SSSR count). The Balaban J connectivity index is 2.22. The van der Waals surface area contributed by atoms with Gasteiger partial charge in [-0.15, -0.1) is 0 Å². The number of rotatable bonds is 5. The molecule has 0 radical (unpaired) electrons. The van der Waals surface area contributed by atoms with E-state index in [1.165, 1.54) is 0 Å². The average Bonchev–Trinajstić information content (AvgIpc) is 2.70. The van der Waals surface area contributed by atoms with E-state index in [2.05, 4.69) is 0 Å². The van der Waals surface area contributed by atoms with Gasteiger partial charge < -0.3 is 20.1 Å². The molecule has 1 unspecified atom stereocenters. The summed E-state index contributed by atoms with van der Waals surface area (Å²) in [6, 6.07) is 0. The van der Waals surface area contributed by atoms with Crippen molar-refractivity contribution in [2.24, 2.45) is 11.7 Å². The molecule has 2 amide bonds. The van der Waals surface area contributed by atoms with Crippen LogP contribution in [0.25, 0.3) is 0 Å². The molecule has 1 aliphatic heterocycles. The van der Waals surface area contributed by atoms with E-state index < -0.39 is 5.60 Å². The van der Waals surface area contributed by atoms with Gasteiger partial charge in [0.25, 0.3) is 0 Å². The first-order valence-electron chi connectivity index (χ1n) is 6.62. The number of carbonyl (C=O) groups is 2. The average molecular weight is 272 g/mol. The number of carbonyl (C=O) groups excluding carboxylic acids is 2. The molecule has 1 aliphatic rings. The highest BCUT2D eigenvalue weighted by atomic mass is 16.6. The van der Waals surface area contributed by atoms with E-state index in [0.29, 0.717) is 32.2 Å². The first-order valence-corrected chi connectivity index (χ1v) is 6.62. The lowest BCUT2D eigenvalue weighted by Crippen LogP contribution is -2.35. The Labute approximate surface area is 114 Å². The van der Waals surface area contributed by atoms with Crippen LogP contribution < -0.4 is 5.73 Å². The maximum atomic E-state index is 11.8. The minimum Gasteiger partial charge on any atom is -0.444 e. The number of hydrogen-bond acceptors (Lipinski definition) is 4. The van der Waals surface area contributed by atoms with Gasteiger partial charge in [0.05, 0.1) is 13.2 Å². The molecule has 0 aromatic heterocycles. The van der Waals surface area contributed by atoms with Crippen molar-refractivity contribution in [1.82, 2.24) is 4.90 Å². The molecule has 6 nitrogen and oxygen atoms in total. The fourth-order valence-electron chi connectivity index (χ4n) is 1.88. The van der Waals surface area contributed by atoms with Crippen molar-refractivity contribution in [3.8, 4) is 0 Å². The van der Waals surface area contributed by atoms with Crippen LogP contribution in [0.2, 0.25) is 0 Å². The minimum absolute atomic E-state index is 0.239. The second-order valence-electron chi connectivity index (χ2n) is 5.87. The Bertz CT molecular complexity index is 325. The van der Waals surface area contributed by atoms with Crippen molar-refractivity contribution in [2.45, 2.75) is 39.2 Å². The highest BCUT2D eigenvalue weighted by Crippen LogP contribution is 2.19. The van der Waals surface area contributed by atoms with Crippen molar-refractivity contribution in [2.75, 3.05) is 26.3 Å². The van der Waals surface area contributed by atoms with Crippen LogP contribution >= 0.6 is 0 Å². The van der Waals surface area contributed by atoms with Gasteiger partial charge in [0.2, 0.25) is 5.91 Å². The summed E-state index contributed by atoms with van der Waals surface area (Å²) < 4.78 is 10.7. The van der Waals surface area contributed by atoms with Crippen molar-refractivity contribution in [1.29, 1.82) is 0 Å². The maximum absolute atomic E-state index is 11.8. The van der Waals surface area contributed by atoms with E-state index in [1.54, 1.807) is 4.90 Å². The predicted molar refractivity (Wildman–Crippen MR) is 70.5 cm³/mol. The lowest BCUT2D eigenvalue weighted by Gasteiger charge is -2.24. The van der Waals surface area contributed by atoms with Gasteiger partial charge in [-0.3, -0.25) is 4.79 Å². The maximum Gasteiger partial charge on any atom is 0.410 e. The van der Waals surface area contributed by atoms with Crippen LogP contribution in [0.4, 0.5) is 4.79 Å². The number of hydrogen-bond donors (Lipinski definition) is 1. The third-order valence-electron chi connectivity index (χ3n) is 2.78. The first kappa shape index (κ1) is 15.8. The summed E-state index contributed by atoms with van der Waals surface area (Å²) in [5, 5.41) is 0. The molecule has 19 heavy (non-hydrogen) atoms. The number of ether oxygens (including phenoxy) is 2. The number of likely N-dealkylation sites (tertiary alicyclic amines) is 1. The largest absolute Gasteiger partial charge is 0.444 e. The molecule has 0 spiro atoms. The van der Waals surface area contributed by atoms with Crippen LogP contribution in [0.1, 0.15) is 33.6 Å². The quantitative estimate of drug-likeness (QED) is 0.761. The second kappa shape index (κ2) is 6.75. The van der Waals surface area contributed by atoms with E-state index in [4.69, 9.17) is 15.2 Å². The van der Waals surface area contributed by atoms with E-state index in [1.807, 2.05) is 20.8 Å². The zero-order valence-corrected chi connectivity index (χ0v) is 12.0. The molecule has 0 saturated carbocycles. The van der Waals surface area contributed by atoms with Crippen LogP contribution in [-0.2, 0) is 14.3 Å². The third-order valence-corrected chi connectivity index (χ3v) is 2.78. The van der Waals surface area contributed by atoms with Crippen molar-refractivity contribution in [3.63, 3.8) is 0 Å². The summed E-state index contributed by atoms with van der Waals surface area (Å²) in [5.74, 6) is -0.0535. The van der Waals surface area contributed by atoms with Crippen LogP contribution in [0.3, 0.4) is 0 Å². The fraction of sp³-hybridized carbons (Fsp3) is 0.846. The Morgan fingerprint density at radius 2 is 2.05 bits per heavy atom. The summed E-state index contributed by atoms with van der Waals surface area (Å²) >= 11 is 0. The number of nitrogens with two attached hydrogens (primary N) is 1. The molecule has 1 saturated heterocycles. The summed E-state index contributed by atoms with van der Waals surface area (Å²) in [5.41, 5.74) is 4.55. The lowest BCUT2D eigenvalue weighted by atomic mass is 10.1. The SMILES string of the molecule is CC(C)(C)OC(=O)N1CCC(COCCC(N)=O)C1. The molecule has 0 bridgehead atoms. The van der Waals surface area contributed by atoms with Gasteiger partial charge in [-0.1, -0.05) is 0 Å². The highest BCUT2D eigenvalue weighted by Gasteiger charge is 2.29. The normalized spacial score (nSPS) is 19.5. The molecule has 1 atom stereocenters. The first-order chi connectivity index (χ1) is 8.78. The zero-order valence-electron chi connectivity index (χ0n) is 12.0. The van der Waals surface area contributed by atoms with E-state index in [-0.39, 0.29) is 18.4 Å². The van der Waals surface area contributed by atoms with Crippen LogP contribution in [0.5, 0.6) is 0 Å². The highest BCUT2D eigenvalue weighted by molar-refractivity contribution is 5.73. The number of primary amides is 1.